The lowest BCUT2D eigenvalue weighted by molar-refractivity contribution is -0.114. The summed E-state index contributed by atoms with van der Waals surface area (Å²) in [6, 6.07) is 8.34. The lowest BCUT2D eigenvalue weighted by Crippen LogP contribution is -2.14. The molecule has 0 unspecified atom stereocenters. The topological polar surface area (TPSA) is 102 Å². The molecule has 0 atom stereocenters. The normalized spacial score (nSPS) is 11.2. The van der Waals surface area contributed by atoms with Crippen molar-refractivity contribution in [1.82, 2.24) is 9.78 Å². The first-order valence-corrected chi connectivity index (χ1v) is 10.2. The lowest BCUT2D eigenvalue weighted by Gasteiger charge is -2.13. The van der Waals surface area contributed by atoms with Gasteiger partial charge >= 0.3 is 0 Å². The van der Waals surface area contributed by atoms with Crippen LogP contribution in [0.2, 0.25) is 0 Å². The molecule has 142 valence electrons. The Bertz CT molecular complexity index is 1070. The van der Waals surface area contributed by atoms with Crippen molar-refractivity contribution in [3.05, 3.63) is 41.9 Å². The first-order chi connectivity index (χ1) is 12.8. The highest BCUT2D eigenvalue weighted by Gasteiger charge is 2.25. The van der Waals surface area contributed by atoms with Crippen LogP contribution < -0.4 is 14.8 Å². The summed E-state index contributed by atoms with van der Waals surface area (Å²) in [7, 11) is -0.849. The van der Waals surface area contributed by atoms with Gasteiger partial charge in [0, 0.05) is 25.9 Å². The highest BCUT2D eigenvalue weighted by atomic mass is 32.2. The number of amides is 1. The molecule has 10 heteroatoms. The van der Waals surface area contributed by atoms with E-state index in [0.29, 0.717) is 17.1 Å². The third-order valence-electron chi connectivity index (χ3n) is 3.60. The molecule has 0 radical (unpaired) electrons. The Morgan fingerprint density at radius 1 is 1.30 bits per heavy atom. The van der Waals surface area contributed by atoms with E-state index in [4.69, 9.17) is 4.74 Å². The van der Waals surface area contributed by atoms with Crippen LogP contribution in [-0.4, -0.2) is 31.2 Å². The van der Waals surface area contributed by atoms with Crippen LogP contribution in [0.1, 0.15) is 6.92 Å². The van der Waals surface area contributed by atoms with Gasteiger partial charge < -0.3 is 10.1 Å². The molecular formula is C17H18N4O4S2. The Kier molecular flexibility index (Phi) is 5.19. The van der Waals surface area contributed by atoms with Gasteiger partial charge in [-0.05, 0) is 29.6 Å². The van der Waals surface area contributed by atoms with Crippen LogP contribution in [0.3, 0.4) is 0 Å². The van der Waals surface area contributed by atoms with Crippen LogP contribution >= 0.6 is 11.3 Å². The van der Waals surface area contributed by atoms with Gasteiger partial charge in [-0.1, -0.05) is 6.07 Å². The van der Waals surface area contributed by atoms with Gasteiger partial charge in [0.25, 0.3) is 10.0 Å². The number of carbonyl (C=O) groups excluding carboxylic acids is 1. The predicted octanol–water partition coefficient (Wildman–Crippen LogP) is 2.92. The molecule has 0 fully saturated rings. The fraction of sp³-hybridized carbons (Fsp3) is 0.176. The van der Waals surface area contributed by atoms with Gasteiger partial charge in [-0.2, -0.15) is 5.10 Å². The number of benzene rings is 1. The van der Waals surface area contributed by atoms with Crippen molar-refractivity contribution in [2.45, 2.75) is 11.8 Å². The zero-order valence-electron chi connectivity index (χ0n) is 14.9. The summed E-state index contributed by atoms with van der Waals surface area (Å²) in [6.45, 7) is 1.37. The number of anilines is 2. The minimum atomic E-state index is -3.95. The highest BCUT2D eigenvalue weighted by Crippen LogP contribution is 2.33. The van der Waals surface area contributed by atoms with Gasteiger partial charge in [0.2, 0.25) is 5.91 Å². The standard InChI is InChI=1S/C17H18N4O4S2/c1-11(22)18-12-6-7-14(25-3)13(9-12)20-27(23,24)16-10-21(2)19-17(16)15-5-4-8-26-15/h4-10,20H,1-3H3,(H,18,22). The molecule has 0 aliphatic carbocycles. The Balaban J connectivity index is 2.02. The van der Waals surface area contributed by atoms with Crippen LogP contribution in [-0.2, 0) is 21.9 Å². The molecule has 27 heavy (non-hydrogen) atoms. The molecule has 1 amide bonds. The lowest BCUT2D eigenvalue weighted by atomic mass is 10.2. The summed E-state index contributed by atoms with van der Waals surface area (Å²) in [5.41, 5.74) is 1.03. The zero-order valence-corrected chi connectivity index (χ0v) is 16.5. The average Bonchev–Trinajstić information content (AvgIpc) is 3.23. The summed E-state index contributed by atoms with van der Waals surface area (Å²) >= 11 is 1.40. The Labute approximate surface area is 160 Å². The molecular weight excluding hydrogens is 388 g/mol. The van der Waals surface area contributed by atoms with Crippen LogP contribution in [0.25, 0.3) is 10.6 Å². The molecule has 0 spiro atoms. The number of nitrogens with one attached hydrogen (secondary N) is 2. The zero-order chi connectivity index (χ0) is 19.6. The number of hydrogen-bond acceptors (Lipinski definition) is 6. The number of rotatable bonds is 6. The van der Waals surface area contributed by atoms with Crippen molar-refractivity contribution < 1.29 is 17.9 Å². The van der Waals surface area contributed by atoms with E-state index in [1.807, 2.05) is 17.5 Å². The Morgan fingerprint density at radius 2 is 2.07 bits per heavy atom. The number of ether oxygens (including phenoxy) is 1. The Hall–Kier alpha value is -2.85. The van der Waals surface area contributed by atoms with Crippen LogP contribution in [0, 0.1) is 0 Å². The monoisotopic (exact) mass is 406 g/mol. The predicted molar refractivity (Wildman–Crippen MR) is 105 cm³/mol. The van der Waals surface area contributed by atoms with Crippen LogP contribution in [0.5, 0.6) is 5.75 Å². The van der Waals surface area contributed by atoms with Gasteiger partial charge in [-0.3, -0.25) is 14.2 Å². The van der Waals surface area contributed by atoms with Crippen molar-refractivity contribution in [2.75, 3.05) is 17.1 Å². The molecule has 0 aliphatic rings. The molecule has 2 heterocycles. The molecule has 0 saturated carbocycles. The van der Waals surface area contributed by atoms with E-state index in [1.54, 1.807) is 19.2 Å². The van der Waals surface area contributed by atoms with Crippen LogP contribution in [0.15, 0.2) is 46.8 Å². The smallest absolute Gasteiger partial charge is 0.265 e. The summed E-state index contributed by atoms with van der Waals surface area (Å²) in [4.78, 5) is 12.1. The summed E-state index contributed by atoms with van der Waals surface area (Å²) in [6.07, 6.45) is 1.45. The third-order valence-corrected chi connectivity index (χ3v) is 5.85. The van der Waals surface area contributed by atoms with Crippen LogP contribution in [0.4, 0.5) is 11.4 Å². The third kappa shape index (κ3) is 4.12. The average molecular weight is 406 g/mol. The van der Waals surface area contributed by atoms with Crippen molar-refractivity contribution in [3.63, 3.8) is 0 Å². The minimum Gasteiger partial charge on any atom is -0.495 e. The first kappa shape index (κ1) is 18.9. The molecule has 0 bridgehead atoms. The SMILES string of the molecule is COc1ccc(NC(C)=O)cc1NS(=O)(=O)c1cn(C)nc1-c1cccs1. The second-order valence-electron chi connectivity index (χ2n) is 5.69. The summed E-state index contributed by atoms with van der Waals surface area (Å²) < 4.78 is 35.3. The first-order valence-electron chi connectivity index (χ1n) is 7.86. The van der Waals surface area contributed by atoms with Crippen molar-refractivity contribution in [1.29, 1.82) is 0 Å². The molecule has 1 aromatic carbocycles. The van der Waals surface area contributed by atoms with E-state index in [2.05, 4.69) is 15.1 Å². The van der Waals surface area contributed by atoms with Crippen molar-refractivity contribution in [3.8, 4) is 16.3 Å². The van der Waals surface area contributed by atoms with Crippen molar-refractivity contribution >= 4 is 38.6 Å². The van der Waals surface area contributed by atoms with Crippen molar-refractivity contribution in [2.24, 2.45) is 7.05 Å². The highest BCUT2D eigenvalue weighted by molar-refractivity contribution is 7.92. The number of nitrogens with zero attached hydrogens (tertiary/aromatic N) is 2. The maximum absolute atomic E-state index is 13.0. The van der Waals surface area contributed by atoms with E-state index >= 15 is 0 Å². The summed E-state index contributed by atoms with van der Waals surface area (Å²) in [5, 5.41) is 8.75. The largest absolute Gasteiger partial charge is 0.495 e. The van der Waals surface area contributed by atoms with Gasteiger partial charge in [-0.15, -0.1) is 11.3 Å². The molecule has 2 aromatic heterocycles. The van der Waals surface area contributed by atoms with Gasteiger partial charge in [-0.25, -0.2) is 8.42 Å². The molecule has 0 aliphatic heterocycles. The number of thiophene rings is 1. The van der Waals surface area contributed by atoms with E-state index < -0.39 is 10.0 Å². The van der Waals surface area contributed by atoms with E-state index in [0.717, 1.165) is 4.88 Å². The van der Waals surface area contributed by atoms with E-state index in [-0.39, 0.29) is 16.5 Å². The number of methoxy groups -OCH3 is 1. The summed E-state index contributed by atoms with van der Waals surface area (Å²) in [5.74, 6) is 0.0652. The maximum Gasteiger partial charge on any atom is 0.265 e. The fourth-order valence-electron chi connectivity index (χ4n) is 2.52. The molecule has 0 saturated heterocycles. The van der Waals surface area contributed by atoms with Gasteiger partial charge in [0.1, 0.15) is 16.3 Å². The fourth-order valence-corrected chi connectivity index (χ4v) is 4.56. The van der Waals surface area contributed by atoms with E-state index in [9.17, 15) is 13.2 Å². The number of carbonyl (C=O) groups is 1. The minimum absolute atomic E-state index is 0.0550. The number of hydrogen-bond donors (Lipinski definition) is 2. The van der Waals surface area contributed by atoms with Gasteiger partial charge in [0.15, 0.2) is 0 Å². The quantitative estimate of drug-likeness (QED) is 0.655. The molecule has 3 rings (SSSR count). The van der Waals surface area contributed by atoms with Gasteiger partial charge in [0.05, 0.1) is 17.7 Å². The second kappa shape index (κ2) is 7.41. The van der Waals surface area contributed by atoms with E-state index in [1.165, 1.54) is 42.3 Å². The second-order valence-corrected chi connectivity index (χ2v) is 8.29. The molecule has 3 aromatic rings. The number of sulfonamides is 1. The Morgan fingerprint density at radius 3 is 2.70 bits per heavy atom. The number of aromatic nitrogens is 2. The molecule has 2 N–H and O–H groups in total. The molecule has 8 nitrogen and oxygen atoms in total. The number of aryl methyl sites for hydroxylation is 1. The maximum atomic E-state index is 13.0.